The number of carbonyl (C=O) groups excluding carboxylic acids is 2. The molecule has 0 bridgehead atoms. The van der Waals surface area contributed by atoms with Gasteiger partial charge in [-0.05, 0) is 171 Å². The average Bonchev–Trinajstić information content (AvgIpc) is 3.69. The molecule has 0 amide bonds. The molecular formula is C57H84N4O7S. The maximum Gasteiger partial charge on any atom is 0.318 e. The van der Waals surface area contributed by atoms with E-state index in [1.54, 1.807) is 18.3 Å². The molecule has 2 heterocycles. The molecule has 5 fully saturated rings. The Labute approximate surface area is 415 Å². The Hall–Kier alpha value is -3.53. The van der Waals surface area contributed by atoms with E-state index in [2.05, 4.69) is 95.4 Å². The summed E-state index contributed by atoms with van der Waals surface area (Å²) in [6.07, 6.45) is 19.5. The number of nitrogens with one attached hydrogen (secondary N) is 1. The molecule has 380 valence electrons. The Bertz CT molecular complexity index is 2340. The number of nitriles is 1. The zero-order valence-electron chi connectivity index (χ0n) is 43.6. The molecule has 1 unspecified atom stereocenters. The van der Waals surface area contributed by atoms with Crippen LogP contribution in [-0.2, 0) is 28.9 Å². The summed E-state index contributed by atoms with van der Waals surface area (Å²) in [6.45, 7) is 28.5. The summed E-state index contributed by atoms with van der Waals surface area (Å²) < 4.78 is 41.7. The van der Waals surface area contributed by atoms with E-state index in [1.807, 2.05) is 6.92 Å². The molecule has 4 saturated carbocycles. The Kier molecular flexibility index (Phi) is 14.6. The van der Waals surface area contributed by atoms with Gasteiger partial charge in [0.1, 0.15) is 23.7 Å². The van der Waals surface area contributed by atoms with Crippen molar-refractivity contribution in [2.24, 2.45) is 68.5 Å². The molecule has 0 spiro atoms. The SMILES string of the molecule is C=C(C)[C@@H]1CC[C@]2(NCCN3CCS(=O)(=O)CC3)CC[C@]3(C)[C@H](CC[C@@H]4[C@@]5(C)CC=C(C6=CC[C@@](COc7ncccc7C#N)(C(=O)OCOC(=O)C(C)CC(C)C)CC6)C(C)(C)[C@@H]5CC[C@]43C)[C@@H]12. The molecule has 0 radical (unpaired) electrons. The number of nitrogens with zero attached hydrogens (tertiary/aromatic N) is 3. The Morgan fingerprint density at radius 3 is 2.38 bits per heavy atom. The molecule has 1 aromatic heterocycles. The lowest BCUT2D eigenvalue weighted by Gasteiger charge is -2.72. The normalized spacial score (nSPS) is 37.3. The third-order valence-electron chi connectivity index (χ3n) is 20.4. The number of sulfone groups is 1. The molecular weight excluding hydrogens is 885 g/mol. The van der Waals surface area contributed by atoms with Crippen molar-refractivity contribution in [3.05, 3.63) is 59.3 Å². The van der Waals surface area contributed by atoms with E-state index in [-0.39, 0.29) is 63.1 Å². The van der Waals surface area contributed by atoms with Gasteiger partial charge in [-0.2, -0.15) is 5.26 Å². The largest absolute Gasteiger partial charge is 0.475 e. The van der Waals surface area contributed by atoms with Gasteiger partial charge in [-0.1, -0.05) is 79.7 Å². The van der Waals surface area contributed by atoms with E-state index in [0.717, 1.165) is 19.5 Å². The first-order valence-electron chi connectivity index (χ1n) is 26.6. The second kappa shape index (κ2) is 19.5. The summed E-state index contributed by atoms with van der Waals surface area (Å²) in [4.78, 5) is 33.5. The maximum atomic E-state index is 14.2. The number of esters is 2. The predicted octanol–water partition coefficient (Wildman–Crippen LogP) is 10.4. The highest BCUT2D eigenvalue weighted by molar-refractivity contribution is 7.91. The van der Waals surface area contributed by atoms with E-state index in [1.165, 1.54) is 68.1 Å². The van der Waals surface area contributed by atoms with Crippen LogP contribution in [0.25, 0.3) is 0 Å². The summed E-state index contributed by atoms with van der Waals surface area (Å²) in [6, 6.07) is 5.49. The van der Waals surface area contributed by atoms with Crippen LogP contribution in [0.4, 0.5) is 0 Å². The predicted molar refractivity (Wildman–Crippen MR) is 270 cm³/mol. The number of pyridine rings is 1. The second-order valence-corrected chi connectivity index (χ2v) is 27.1. The fraction of sp³-hybridized carbons (Fsp3) is 0.754. The zero-order valence-corrected chi connectivity index (χ0v) is 44.4. The molecule has 7 aliphatic rings. The first kappa shape index (κ1) is 51.8. The number of rotatable bonds is 15. The number of carbonyl (C=O) groups is 2. The number of ether oxygens (including phenoxy) is 3. The van der Waals surface area contributed by atoms with Gasteiger partial charge in [-0.25, -0.2) is 13.4 Å². The number of hydrogen-bond acceptors (Lipinski definition) is 11. The van der Waals surface area contributed by atoms with Crippen LogP contribution in [0.15, 0.2) is 53.8 Å². The number of aromatic nitrogens is 1. The van der Waals surface area contributed by atoms with Crippen LogP contribution in [0.3, 0.4) is 0 Å². The maximum absolute atomic E-state index is 14.2. The van der Waals surface area contributed by atoms with E-state index < -0.39 is 28.0 Å². The second-order valence-electron chi connectivity index (χ2n) is 24.8. The van der Waals surface area contributed by atoms with Crippen molar-refractivity contribution in [1.82, 2.24) is 15.2 Å². The summed E-state index contributed by atoms with van der Waals surface area (Å²) in [5.41, 5.74) is 3.91. The van der Waals surface area contributed by atoms with Gasteiger partial charge in [0, 0.05) is 37.9 Å². The highest BCUT2D eigenvalue weighted by Crippen LogP contribution is 2.76. The van der Waals surface area contributed by atoms with Gasteiger partial charge in [-0.15, -0.1) is 0 Å². The third kappa shape index (κ3) is 9.42. The van der Waals surface area contributed by atoms with Crippen molar-refractivity contribution in [3.8, 4) is 11.9 Å². The highest BCUT2D eigenvalue weighted by atomic mass is 32.2. The standard InChI is InChI=1S/C57H84N4O7S/c1-38(2)34-40(5)50(62)67-37-68-51(63)56(36-66-49-42(35-58)12-11-27-59-49)22-15-41(16-23-56)44-18-20-53(8)46(52(44,6)7)19-21-55(10)47(53)14-13-45-48-43(39(3)4)17-24-57(48,26-25-54(45,55)9)60-28-29-61-30-32-69(64,65)33-31-61/h11-12,15,18,27,38,40,43,45-48,60H,3,13-14,16-17,19-26,28-34,36-37H2,1-2,4-10H3/t40?,43-,45+,46-,47+,48+,53-,54+,55+,56+,57-/m0/s1. The molecule has 12 heteroatoms. The van der Waals surface area contributed by atoms with Crippen LogP contribution in [0.1, 0.15) is 151 Å². The molecule has 11 atom stereocenters. The fourth-order valence-corrected chi connectivity index (χ4v) is 17.9. The van der Waals surface area contributed by atoms with Gasteiger partial charge in [-0.3, -0.25) is 9.59 Å². The topological polar surface area (TPSA) is 148 Å². The fourth-order valence-electron chi connectivity index (χ4n) is 16.6. The van der Waals surface area contributed by atoms with E-state index >= 15 is 0 Å². The molecule has 11 nitrogen and oxygen atoms in total. The minimum absolute atomic E-state index is 0.0137. The summed E-state index contributed by atoms with van der Waals surface area (Å²) >= 11 is 0. The lowest BCUT2D eigenvalue weighted by atomic mass is 9.33. The van der Waals surface area contributed by atoms with Crippen LogP contribution in [0, 0.1) is 79.8 Å². The third-order valence-corrected chi connectivity index (χ3v) is 22.0. The molecule has 1 saturated heterocycles. The number of allylic oxidation sites excluding steroid dienone is 5. The Balaban J connectivity index is 0.999. The average molecular weight is 969 g/mol. The van der Waals surface area contributed by atoms with Crippen LogP contribution < -0.4 is 10.1 Å². The van der Waals surface area contributed by atoms with Crippen LogP contribution >= 0.6 is 0 Å². The summed E-state index contributed by atoms with van der Waals surface area (Å²) in [7, 11) is -2.90. The molecule has 8 rings (SSSR count). The monoisotopic (exact) mass is 969 g/mol. The van der Waals surface area contributed by atoms with Crippen molar-refractivity contribution < 1.29 is 32.2 Å². The van der Waals surface area contributed by atoms with Gasteiger partial charge in [0.15, 0.2) is 9.84 Å². The van der Waals surface area contributed by atoms with Crippen molar-refractivity contribution in [1.29, 1.82) is 5.26 Å². The van der Waals surface area contributed by atoms with Crippen molar-refractivity contribution in [2.75, 3.05) is 51.1 Å². The lowest BCUT2D eigenvalue weighted by Crippen LogP contribution is -2.68. The molecule has 1 aromatic rings. The molecule has 1 N–H and O–H groups in total. The molecule has 69 heavy (non-hydrogen) atoms. The van der Waals surface area contributed by atoms with Gasteiger partial charge >= 0.3 is 11.9 Å². The van der Waals surface area contributed by atoms with Crippen molar-refractivity contribution in [3.63, 3.8) is 0 Å². The highest BCUT2D eigenvalue weighted by Gasteiger charge is 2.70. The first-order chi connectivity index (χ1) is 32.5. The van der Waals surface area contributed by atoms with E-state index in [0.29, 0.717) is 79.8 Å². The van der Waals surface area contributed by atoms with Crippen LogP contribution in [0.2, 0.25) is 0 Å². The quantitative estimate of drug-likeness (QED) is 0.102. The van der Waals surface area contributed by atoms with Gasteiger partial charge < -0.3 is 24.4 Å². The summed E-state index contributed by atoms with van der Waals surface area (Å²) in [5.74, 6) is 2.74. The Morgan fingerprint density at radius 2 is 1.70 bits per heavy atom. The van der Waals surface area contributed by atoms with Gasteiger partial charge in [0.2, 0.25) is 12.7 Å². The van der Waals surface area contributed by atoms with Crippen LogP contribution in [-0.4, -0.2) is 86.9 Å². The zero-order chi connectivity index (χ0) is 49.8. The molecule has 1 aliphatic heterocycles. The van der Waals surface area contributed by atoms with E-state index in [4.69, 9.17) is 14.2 Å². The Morgan fingerprint density at radius 1 is 0.942 bits per heavy atom. The van der Waals surface area contributed by atoms with Crippen molar-refractivity contribution >= 4 is 21.8 Å². The van der Waals surface area contributed by atoms with Gasteiger partial charge in [0.05, 0.1) is 17.4 Å². The minimum Gasteiger partial charge on any atom is -0.475 e. The lowest BCUT2D eigenvalue weighted by molar-refractivity contribution is -0.221. The smallest absolute Gasteiger partial charge is 0.318 e. The first-order valence-corrected chi connectivity index (χ1v) is 28.4. The van der Waals surface area contributed by atoms with Gasteiger partial charge in [0.25, 0.3) is 0 Å². The van der Waals surface area contributed by atoms with Crippen LogP contribution in [0.5, 0.6) is 5.88 Å². The van der Waals surface area contributed by atoms with E-state index in [9.17, 15) is 23.3 Å². The number of fused-ring (bicyclic) bond motifs is 7. The minimum atomic E-state index is -2.90. The molecule has 0 aromatic carbocycles. The number of hydrogen-bond donors (Lipinski definition) is 1. The summed E-state index contributed by atoms with van der Waals surface area (Å²) in [5, 5.41) is 14.0. The molecule has 6 aliphatic carbocycles. The van der Waals surface area contributed by atoms with Crippen molar-refractivity contribution in [2.45, 2.75) is 151 Å².